The largest absolute Gasteiger partial charge is 0.484 e. The Kier molecular flexibility index (Phi) is 6.67. The third-order valence-corrected chi connectivity index (χ3v) is 3.52. The lowest BCUT2D eigenvalue weighted by molar-refractivity contribution is -0.123. The van der Waals surface area contributed by atoms with Crippen LogP contribution in [0.25, 0.3) is 0 Å². The number of pyridine rings is 1. The molecule has 0 aliphatic rings. The van der Waals surface area contributed by atoms with Crippen molar-refractivity contribution in [1.82, 2.24) is 20.5 Å². The Morgan fingerprint density at radius 3 is 2.43 bits per heavy atom. The van der Waals surface area contributed by atoms with E-state index in [9.17, 15) is 9.18 Å². The molecule has 0 saturated carbocycles. The first-order chi connectivity index (χ1) is 13.7. The molecule has 3 rings (SSSR count). The van der Waals surface area contributed by atoms with Crippen LogP contribution in [0.3, 0.4) is 0 Å². The van der Waals surface area contributed by atoms with E-state index in [2.05, 4.69) is 31.1 Å². The van der Waals surface area contributed by atoms with E-state index >= 15 is 0 Å². The summed E-state index contributed by atoms with van der Waals surface area (Å²) in [5.41, 5.74) is 0. The molecular formula is C19H19FN6O2. The highest BCUT2D eigenvalue weighted by atomic mass is 19.1. The maximum Gasteiger partial charge on any atom is 0.258 e. The number of nitrogens with zero attached hydrogens (tertiary/aromatic N) is 3. The predicted octanol–water partition coefficient (Wildman–Crippen LogP) is 2.36. The maximum atomic E-state index is 12.8. The predicted molar refractivity (Wildman–Crippen MR) is 103 cm³/mol. The summed E-state index contributed by atoms with van der Waals surface area (Å²) < 4.78 is 18.1. The highest BCUT2D eigenvalue weighted by Crippen LogP contribution is 2.12. The summed E-state index contributed by atoms with van der Waals surface area (Å²) in [5, 5.41) is 16.9. The van der Waals surface area contributed by atoms with E-state index in [-0.39, 0.29) is 18.3 Å². The van der Waals surface area contributed by atoms with Gasteiger partial charge in [0.15, 0.2) is 12.4 Å². The summed E-state index contributed by atoms with van der Waals surface area (Å²) in [7, 11) is 0. The summed E-state index contributed by atoms with van der Waals surface area (Å²) in [6.07, 6.45) is 1.69. The second kappa shape index (κ2) is 9.81. The zero-order valence-electron chi connectivity index (χ0n) is 14.9. The van der Waals surface area contributed by atoms with Gasteiger partial charge in [0.25, 0.3) is 5.91 Å². The first kappa shape index (κ1) is 19.0. The molecule has 9 heteroatoms. The number of benzene rings is 1. The maximum absolute atomic E-state index is 12.8. The summed E-state index contributed by atoms with van der Waals surface area (Å²) in [6.45, 7) is 0.727. The highest BCUT2D eigenvalue weighted by Gasteiger charge is 2.03. The van der Waals surface area contributed by atoms with Gasteiger partial charge in [0, 0.05) is 19.3 Å². The Morgan fingerprint density at radius 2 is 1.71 bits per heavy atom. The summed E-state index contributed by atoms with van der Waals surface area (Å²) in [6, 6.07) is 14.6. The molecule has 2 aromatic heterocycles. The van der Waals surface area contributed by atoms with Crippen LogP contribution in [-0.4, -0.2) is 40.8 Å². The van der Waals surface area contributed by atoms with Crippen LogP contribution in [0, 0.1) is 5.82 Å². The van der Waals surface area contributed by atoms with Gasteiger partial charge in [0.05, 0.1) is 0 Å². The van der Waals surface area contributed by atoms with Crippen molar-refractivity contribution in [3.8, 4) is 5.75 Å². The van der Waals surface area contributed by atoms with Crippen LogP contribution >= 0.6 is 0 Å². The molecule has 1 aromatic carbocycles. The van der Waals surface area contributed by atoms with Gasteiger partial charge >= 0.3 is 0 Å². The molecule has 0 fully saturated rings. The Hall–Kier alpha value is -3.75. The SMILES string of the molecule is O=C(COc1ccc(F)cc1)NCCNc1ccc(Nc2ccccn2)nn1. The van der Waals surface area contributed by atoms with E-state index in [1.807, 2.05) is 18.2 Å². The molecule has 0 aliphatic heterocycles. The second-order valence-corrected chi connectivity index (χ2v) is 5.66. The minimum absolute atomic E-state index is 0.140. The van der Waals surface area contributed by atoms with Crippen molar-refractivity contribution in [3.05, 3.63) is 66.6 Å². The third-order valence-electron chi connectivity index (χ3n) is 3.52. The molecule has 0 atom stereocenters. The molecule has 144 valence electrons. The van der Waals surface area contributed by atoms with E-state index in [0.29, 0.717) is 36.3 Å². The minimum Gasteiger partial charge on any atom is -0.484 e. The molecule has 0 bridgehead atoms. The average molecular weight is 382 g/mol. The first-order valence-electron chi connectivity index (χ1n) is 8.60. The molecule has 3 aromatic rings. The van der Waals surface area contributed by atoms with E-state index in [0.717, 1.165) is 0 Å². The number of halogens is 1. The number of hydrogen-bond acceptors (Lipinski definition) is 7. The number of hydrogen-bond donors (Lipinski definition) is 3. The van der Waals surface area contributed by atoms with Crippen LogP contribution in [0.15, 0.2) is 60.8 Å². The van der Waals surface area contributed by atoms with Gasteiger partial charge in [-0.3, -0.25) is 4.79 Å². The molecule has 2 heterocycles. The van der Waals surface area contributed by atoms with Gasteiger partial charge in [0.1, 0.15) is 23.2 Å². The van der Waals surface area contributed by atoms with Crippen LogP contribution < -0.4 is 20.7 Å². The summed E-state index contributed by atoms with van der Waals surface area (Å²) in [4.78, 5) is 15.9. The fourth-order valence-corrected chi connectivity index (χ4v) is 2.18. The van der Waals surface area contributed by atoms with E-state index in [4.69, 9.17) is 4.74 Å². The van der Waals surface area contributed by atoms with E-state index in [1.165, 1.54) is 24.3 Å². The lowest BCUT2D eigenvalue weighted by atomic mass is 10.3. The number of amides is 1. The summed E-state index contributed by atoms with van der Waals surface area (Å²) in [5.74, 6) is 1.66. The molecule has 28 heavy (non-hydrogen) atoms. The van der Waals surface area contributed by atoms with Crippen LogP contribution in [0.4, 0.5) is 21.8 Å². The topological polar surface area (TPSA) is 101 Å². The average Bonchev–Trinajstić information content (AvgIpc) is 2.73. The fourth-order valence-electron chi connectivity index (χ4n) is 2.18. The monoisotopic (exact) mass is 382 g/mol. The standard InChI is InChI=1S/C19H19FN6O2/c20-14-4-6-15(7-5-14)28-13-19(27)23-12-11-22-17-8-9-18(26-25-17)24-16-3-1-2-10-21-16/h1-10H,11-13H2,(H,22,25)(H,23,27)(H,21,24,26). The highest BCUT2D eigenvalue weighted by molar-refractivity contribution is 5.77. The number of carbonyl (C=O) groups is 1. The van der Waals surface area contributed by atoms with Crippen molar-refractivity contribution >= 4 is 23.4 Å². The second-order valence-electron chi connectivity index (χ2n) is 5.66. The van der Waals surface area contributed by atoms with Crippen LogP contribution in [0.1, 0.15) is 0 Å². The first-order valence-corrected chi connectivity index (χ1v) is 8.60. The molecule has 0 radical (unpaired) electrons. The summed E-state index contributed by atoms with van der Waals surface area (Å²) >= 11 is 0. The van der Waals surface area contributed by atoms with Crippen LogP contribution in [-0.2, 0) is 4.79 Å². The van der Waals surface area contributed by atoms with Crippen LogP contribution in [0.5, 0.6) is 5.75 Å². The zero-order valence-corrected chi connectivity index (χ0v) is 14.9. The van der Waals surface area contributed by atoms with Gasteiger partial charge in [0.2, 0.25) is 0 Å². The van der Waals surface area contributed by atoms with Crippen molar-refractivity contribution in [3.63, 3.8) is 0 Å². The number of nitrogens with one attached hydrogen (secondary N) is 3. The van der Waals surface area contributed by atoms with Gasteiger partial charge in [-0.05, 0) is 48.5 Å². The lowest BCUT2D eigenvalue weighted by Crippen LogP contribution is -2.32. The van der Waals surface area contributed by atoms with Crippen LogP contribution in [0.2, 0.25) is 0 Å². The quantitative estimate of drug-likeness (QED) is 0.488. The van der Waals surface area contributed by atoms with Gasteiger partial charge in [-0.25, -0.2) is 9.37 Å². The molecule has 0 saturated heterocycles. The number of carbonyl (C=O) groups excluding carboxylic acids is 1. The van der Waals surface area contributed by atoms with Gasteiger partial charge in [-0.1, -0.05) is 6.07 Å². The van der Waals surface area contributed by atoms with Gasteiger partial charge in [-0.2, -0.15) is 0 Å². The number of rotatable bonds is 9. The number of aromatic nitrogens is 3. The molecule has 1 amide bonds. The molecule has 0 aliphatic carbocycles. The van der Waals surface area contributed by atoms with Crippen molar-refractivity contribution < 1.29 is 13.9 Å². The molecule has 0 unspecified atom stereocenters. The Bertz CT molecular complexity index is 875. The third kappa shape index (κ3) is 6.20. The van der Waals surface area contributed by atoms with Crippen molar-refractivity contribution in [2.24, 2.45) is 0 Å². The Balaban J connectivity index is 1.33. The van der Waals surface area contributed by atoms with Crippen molar-refractivity contribution in [2.75, 3.05) is 30.3 Å². The van der Waals surface area contributed by atoms with E-state index < -0.39 is 0 Å². The number of anilines is 3. The minimum atomic E-state index is -0.355. The molecular weight excluding hydrogens is 363 g/mol. The number of ether oxygens (including phenoxy) is 1. The molecule has 0 spiro atoms. The van der Waals surface area contributed by atoms with Crippen molar-refractivity contribution in [1.29, 1.82) is 0 Å². The van der Waals surface area contributed by atoms with Crippen molar-refractivity contribution in [2.45, 2.75) is 0 Å². The van der Waals surface area contributed by atoms with E-state index in [1.54, 1.807) is 18.3 Å². The zero-order chi connectivity index (χ0) is 19.6. The molecule has 8 nitrogen and oxygen atoms in total. The fraction of sp³-hybridized carbons (Fsp3) is 0.158. The van der Waals surface area contributed by atoms with Gasteiger partial charge in [-0.15, -0.1) is 10.2 Å². The Labute approximate surface area is 161 Å². The smallest absolute Gasteiger partial charge is 0.258 e. The normalized spacial score (nSPS) is 10.2. The Morgan fingerprint density at radius 1 is 0.929 bits per heavy atom. The van der Waals surface area contributed by atoms with Gasteiger partial charge < -0.3 is 20.7 Å². The molecule has 3 N–H and O–H groups in total. The lowest BCUT2D eigenvalue weighted by Gasteiger charge is -2.09.